The van der Waals surface area contributed by atoms with Gasteiger partial charge in [-0.2, -0.15) is 0 Å². The number of ketones is 1. The van der Waals surface area contributed by atoms with Crippen LogP contribution in [0.3, 0.4) is 0 Å². The largest absolute Gasteiger partial charge is 0.497 e. The average Bonchev–Trinajstić information content (AvgIpc) is 3.19. The zero-order valence-corrected chi connectivity index (χ0v) is 17.5. The molecule has 0 bridgehead atoms. The van der Waals surface area contributed by atoms with Crippen LogP contribution in [-0.2, 0) is 19.1 Å². The molecule has 0 radical (unpaired) electrons. The van der Waals surface area contributed by atoms with Gasteiger partial charge >= 0.3 is 11.9 Å². The molecule has 0 aliphatic carbocycles. The highest BCUT2D eigenvalue weighted by molar-refractivity contribution is 6.02. The number of hydrogen-bond donors (Lipinski definition) is 0. The fraction of sp³-hybridized carbons (Fsp3) is 0.304. The first kappa shape index (κ1) is 22.0. The Morgan fingerprint density at radius 3 is 2.16 bits per heavy atom. The van der Waals surface area contributed by atoms with Crippen molar-refractivity contribution < 1.29 is 33.4 Å². The SMILES string of the molecule is COC(=O)c1ccc(N2C[C@H](C(=O)O[C@H](C)C(=O)c3ccc(OC)cc3)CC2=O)cc1. The van der Waals surface area contributed by atoms with Gasteiger partial charge in [-0.1, -0.05) is 0 Å². The first-order chi connectivity index (χ1) is 14.8. The molecule has 0 spiro atoms. The second-order valence-corrected chi connectivity index (χ2v) is 7.12. The van der Waals surface area contributed by atoms with E-state index >= 15 is 0 Å². The van der Waals surface area contributed by atoms with Crippen LogP contribution >= 0.6 is 0 Å². The van der Waals surface area contributed by atoms with E-state index in [0.29, 0.717) is 22.6 Å². The van der Waals surface area contributed by atoms with Crippen LogP contribution in [0, 0.1) is 5.92 Å². The van der Waals surface area contributed by atoms with Crippen LogP contribution < -0.4 is 9.64 Å². The van der Waals surface area contributed by atoms with E-state index in [9.17, 15) is 19.2 Å². The number of amides is 1. The second kappa shape index (κ2) is 9.42. The van der Waals surface area contributed by atoms with Crippen molar-refractivity contribution in [2.45, 2.75) is 19.4 Å². The summed E-state index contributed by atoms with van der Waals surface area (Å²) in [6, 6.07) is 12.9. The lowest BCUT2D eigenvalue weighted by molar-refractivity contribution is -0.151. The monoisotopic (exact) mass is 425 g/mol. The van der Waals surface area contributed by atoms with Crippen molar-refractivity contribution in [2.24, 2.45) is 5.92 Å². The molecular weight excluding hydrogens is 402 g/mol. The Labute approximate surface area is 179 Å². The van der Waals surface area contributed by atoms with Gasteiger partial charge in [-0.05, 0) is 55.5 Å². The molecule has 1 fully saturated rings. The van der Waals surface area contributed by atoms with Crippen molar-refractivity contribution in [2.75, 3.05) is 25.7 Å². The van der Waals surface area contributed by atoms with Crippen LogP contribution in [0.25, 0.3) is 0 Å². The number of ether oxygens (including phenoxy) is 3. The zero-order chi connectivity index (χ0) is 22.5. The second-order valence-electron chi connectivity index (χ2n) is 7.12. The van der Waals surface area contributed by atoms with E-state index in [1.807, 2.05) is 0 Å². The van der Waals surface area contributed by atoms with Gasteiger partial charge in [-0.15, -0.1) is 0 Å². The molecule has 2 aromatic rings. The van der Waals surface area contributed by atoms with E-state index in [2.05, 4.69) is 4.74 Å². The molecule has 8 nitrogen and oxygen atoms in total. The number of hydrogen-bond acceptors (Lipinski definition) is 7. The molecule has 0 aromatic heterocycles. The number of carbonyl (C=O) groups excluding carboxylic acids is 4. The van der Waals surface area contributed by atoms with Crippen molar-refractivity contribution in [3.8, 4) is 5.75 Å². The molecule has 0 unspecified atom stereocenters. The molecule has 162 valence electrons. The Bertz CT molecular complexity index is 982. The standard InChI is InChI=1S/C23H23NO7/c1-14(21(26)15-6-10-19(29-2)11-7-15)31-23(28)17-12-20(25)24(13-17)18-8-4-16(5-9-18)22(27)30-3/h4-11,14,17H,12-13H2,1-3H3/t14-,17-/m1/s1. The number of carbonyl (C=O) groups is 4. The number of Topliss-reactive ketones (excluding diaryl/α,β-unsaturated/α-hetero) is 1. The van der Waals surface area contributed by atoms with Crippen LogP contribution in [0.1, 0.15) is 34.1 Å². The Kier molecular flexibility index (Phi) is 6.69. The first-order valence-electron chi connectivity index (χ1n) is 9.71. The quantitative estimate of drug-likeness (QED) is 0.497. The Hall–Kier alpha value is -3.68. The molecule has 3 rings (SSSR count). The van der Waals surface area contributed by atoms with Gasteiger partial charge in [0, 0.05) is 24.2 Å². The predicted molar refractivity (Wildman–Crippen MR) is 111 cm³/mol. The highest BCUT2D eigenvalue weighted by atomic mass is 16.5. The van der Waals surface area contributed by atoms with Gasteiger partial charge < -0.3 is 19.1 Å². The molecule has 1 aliphatic heterocycles. The van der Waals surface area contributed by atoms with E-state index in [1.54, 1.807) is 48.5 Å². The van der Waals surface area contributed by atoms with Crippen molar-refractivity contribution in [1.29, 1.82) is 0 Å². The fourth-order valence-corrected chi connectivity index (χ4v) is 3.32. The topological polar surface area (TPSA) is 99.2 Å². The van der Waals surface area contributed by atoms with Gasteiger partial charge in [0.25, 0.3) is 0 Å². The van der Waals surface area contributed by atoms with Crippen LogP contribution in [-0.4, -0.2) is 50.5 Å². The molecule has 1 saturated heterocycles. The minimum atomic E-state index is -0.982. The maximum atomic E-state index is 12.6. The molecule has 1 aliphatic rings. The summed E-state index contributed by atoms with van der Waals surface area (Å²) in [6.07, 6.45) is -0.995. The third kappa shape index (κ3) is 4.91. The van der Waals surface area contributed by atoms with Crippen LogP contribution in [0.4, 0.5) is 5.69 Å². The smallest absolute Gasteiger partial charge is 0.337 e. The molecular formula is C23H23NO7. The Morgan fingerprint density at radius 1 is 0.968 bits per heavy atom. The van der Waals surface area contributed by atoms with Gasteiger partial charge in [0.2, 0.25) is 11.7 Å². The molecule has 31 heavy (non-hydrogen) atoms. The lowest BCUT2D eigenvalue weighted by Gasteiger charge is -2.18. The number of nitrogens with zero attached hydrogens (tertiary/aromatic N) is 1. The highest BCUT2D eigenvalue weighted by Gasteiger charge is 2.37. The van der Waals surface area contributed by atoms with Gasteiger partial charge in [0.15, 0.2) is 6.10 Å². The van der Waals surface area contributed by atoms with E-state index in [0.717, 1.165) is 0 Å². The molecule has 0 saturated carbocycles. The normalized spacial score (nSPS) is 16.5. The molecule has 8 heteroatoms. The van der Waals surface area contributed by atoms with Crippen molar-refractivity contribution >= 4 is 29.3 Å². The minimum absolute atomic E-state index is 0.0129. The molecule has 2 atom stereocenters. The Balaban J connectivity index is 1.61. The van der Waals surface area contributed by atoms with E-state index in [-0.39, 0.29) is 24.7 Å². The number of benzene rings is 2. The van der Waals surface area contributed by atoms with Crippen molar-refractivity contribution in [3.63, 3.8) is 0 Å². The molecule has 0 N–H and O–H groups in total. The predicted octanol–water partition coefficient (Wildman–Crippen LogP) is 2.65. The number of anilines is 1. The summed E-state index contributed by atoms with van der Waals surface area (Å²) < 4.78 is 15.1. The summed E-state index contributed by atoms with van der Waals surface area (Å²) >= 11 is 0. The molecule has 1 heterocycles. The maximum absolute atomic E-state index is 12.6. The van der Waals surface area contributed by atoms with E-state index in [1.165, 1.54) is 26.0 Å². The van der Waals surface area contributed by atoms with Gasteiger partial charge in [-0.25, -0.2) is 4.79 Å². The minimum Gasteiger partial charge on any atom is -0.497 e. The van der Waals surface area contributed by atoms with Crippen molar-refractivity contribution in [1.82, 2.24) is 0 Å². The number of rotatable bonds is 7. The summed E-state index contributed by atoms with van der Waals surface area (Å²) in [5.41, 5.74) is 1.32. The lowest BCUT2D eigenvalue weighted by Crippen LogP contribution is -2.30. The maximum Gasteiger partial charge on any atom is 0.337 e. The van der Waals surface area contributed by atoms with E-state index in [4.69, 9.17) is 9.47 Å². The van der Waals surface area contributed by atoms with Gasteiger partial charge in [-0.3, -0.25) is 14.4 Å². The highest BCUT2D eigenvalue weighted by Crippen LogP contribution is 2.27. The van der Waals surface area contributed by atoms with Crippen LogP contribution in [0.15, 0.2) is 48.5 Å². The third-order valence-corrected chi connectivity index (χ3v) is 5.10. The lowest BCUT2D eigenvalue weighted by atomic mass is 10.1. The number of esters is 2. The average molecular weight is 425 g/mol. The number of methoxy groups -OCH3 is 2. The summed E-state index contributed by atoms with van der Waals surface area (Å²) in [4.78, 5) is 50.5. The third-order valence-electron chi connectivity index (χ3n) is 5.10. The van der Waals surface area contributed by atoms with Gasteiger partial charge in [0.05, 0.1) is 25.7 Å². The summed E-state index contributed by atoms with van der Waals surface area (Å²) in [5.74, 6) is -1.71. The fourth-order valence-electron chi connectivity index (χ4n) is 3.32. The summed E-state index contributed by atoms with van der Waals surface area (Å²) in [7, 11) is 2.82. The van der Waals surface area contributed by atoms with Gasteiger partial charge in [0.1, 0.15) is 5.75 Å². The Morgan fingerprint density at radius 2 is 1.58 bits per heavy atom. The van der Waals surface area contributed by atoms with E-state index < -0.39 is 24.0 Å². The first-order valence-corrected chi connectivity index (χ1v) is 9.71. The molecule has 2 aromatic carbocycles. The summed E-state index contributed by atoms with van der Waals surface area (Å²) in [5, 5.41) is 0. The summed E-state index contributed by atoms with van der Waals surface area (Å²) in [6.45, 7) is 1.64. The molecule has 1 amide bonds. The van der Waals surface area contributed by atoms with Crippen LogP contribution in [0.2, 0.25) is 0 Å². The van der Waals surface area contributed by atoms with Crippen LogP contribution in [0.5, 0.6) is 5.75 Å². The van der Waals surface area contributed by atoms with Crippen molar-refractivity contribution in [3.05, 3.63) is 59.7 Å². The zero-order valence-electron chi connectivity index (χ0n) is 17.5.